The van der Waals surface area contributed by atoms with E-state index in [-0.39, 0.29) is 0 Å². The molecular weight excluding hydrogens is 314 g/mol. The first-order chi connectivity index (χ1) is 12.8. The van der Waals surface area contributed by atoms with Crippen molar-refractivity contribution in [2.24, 2.45) is 0 Å². The molecule has 0 fully saturated rings. The van der Waals surface area contributed by atoms with Crippen molar-refractivity contribution in [3.05, 3.63) is 102 Å². The minimum atomic E-state index is 1.06. The highest BCUT2D eigenvalue weighted by atomic mass is 14.7. The second-order valence-electron chi connectivity index (χ2n) is 6.48. The summed E-state index contributed by atoms with van der Waals surface area (Å²) in [5.41, 5.74) is 8.29. The van der Waals surface area contributed by atoms with E-state index in [1.54, 1.807) is 0 Å². The van der Waals surface area contributed by atoms with Crippen LogP contribution in [0, 0.1) is 0 Å². The summed E-state index contributed by atoms with van der Waals surface area (Å²) in [6.07, 6.45) is 4.15. The lowest BCUT2D eigenvalue weighted by Crippen LogP contribution is -1.81. The van der Waals surface area contributed by atoms with E-state index in [0.29, 0.717) is 0 Å². The maximum atomic E-state index is 3.99. The fourth-order valence-corrected chi connectivity index (χ4v) is 3.36. The largest absolute Gasteiger partial charge is 0.355 e. The number of aromatic nitrogens is 1. The maximum Gasteiger partial charge on any atom is 0.0465 e. The molecule has 0 aliphatic carbocycles. The molecule has 4 aromatic rings. The Morgan fingerprint density at radius 1 is 0.846 bits per heavy atom. The van der Waals surface area contributed by atoms with Crippen molar-refractivity contribution in [1.29, 1.82) is 0 Å². The third kappa shape index (κ3) is 3.00. The van der Waals surface area contributed by atoms with Crippen LogP contribution in [0.3, 0.4) is 0 Å². The molecule has 1 nitrogen and oxygen atoms in total. The lowest BCUT2D eigenvalue weighted by molar-refractivity contribution is 1.42. The Bertz CT molecular complexity index is 1080. The van der Waals surface area contributed by atoms with E-state index in [4.69, 9.17) is 0 Å². The Morgan fingerprint density at radius 2 is 1.54 bits per heavy atom. The standard InChI is InChI=1S/C25H21N/c1-3-24-22(16-18(2)19-10-6-4-7-11-19)23-17-21(14-15-25(23)26-24)20-12-8-5-9-13-20/h3-17,26H,1H2,2H3/b18-16+. The first-order valence-electron chi connectivity index (χ1n) is 8.83. The molecule has 126 valence electrons. The monoisotopic (exact) mass is 335 g/mol. The van der Waals surface area contributed by atoms with Crippen LogP contribution in [0.1, 0.15) is 23.7 Å². The summed E-state index contributed by atoms with van der Waals surface area (Å²) in [5.74, 6) is 0. The zero-order chi connectivity index (χ0) is 17.9. The van der Waals surface area contributed by atoms with Gasteiger partial charge in [-0.05, 0) is 53.5 Å². The van der Waals surface area contributed by atoms with Crippen molar-refractivity contribution in [3.63, 3.8) is 0 Å². The lowest BCUT2D eigenvalue weighted by Gasteiger charge is -2.04. The molecule has 0 atom stereocenters. The van der Waals surface area contributed by atoms with Gasteiger partial charge in [-0.3, -0.25) is 0 Å². The van der Waals surface area contributed by atoms with Crippen molar-refractivity contribution in [2.45, 2.75) is 6.92 Å². The third-order valence-electron chi connectivity index (χ3n) is 4.77. The maximum absolute atomic E-state index is 3.99. The van der Waals surface area contributed by atoms with Gasteiger partial charge in [0, 0.05) is 22.2 Å². The van der Waals surface area contributed by atoms with Crippen LogP contribution in [0.25, 0.3) is 39.8 Å². The molecule has 0 amide bonds. The number of hydrogen-bond donors (Lipinski definition) is 1. The molecule has 4 rings (SSSR count). The van der Waals surface area contributed by atoms with Gasteiger partial charge in [-0.25, -0.2) is 0 Å². The van der Waals surface area contributed by atoms with Crippen LogP contribution in [-0.2, 0) is 0 Å². The van der Waals surface area contributed by atoms with E-state index in [9.17, 15) is 0 Å². The van der Waals surface area contributed by atoms with Crippen LogP contribution in [0.2, 0.25) is 0 Å². The average Bonchev–Trinajstić information content (AvgIpc) is 3.06. The number of rotatable bonds is 4. The topological polar surface area (TPSA) is 15.8 Å². The van der Waals surface area contributed by atoms with E-state index in [2.05, 4.69) is 91.3 Å². The average molecular weight is 335 g/mol. The number of benzene rings is 3. The molecule has 1 N–H and O–H groups in total. The summed E-state index contributed by atoms with van der Waals surface area (Å²) < 4.78 is 0. The third-order valence-corrected chi connectivity index (χ3v) is 4.77. The molecule has 1 heteroatoms. The van der Waals surface area contributed by atoms with Gasteiger partial charge < -0.3 is 4.98 Å². The summed E-state index contributed by atoms with van der Waals surface area (Å²) in [4.78, 5) is 3.49. The van der Waals surface area contributed by atoms with Crippen LogP contribution in [0.5, 0.6) is 0 Å². The van der Waals surface area contributed by atoms with E-state index in [1.165, 1.54) is 33.2 Å². The van der Waals surface area contributed by atoms with Gasteiger partial charge in [0.15, 0.2) is 0 Å². The van der Waals surface area contributed by atoms with Gasteiger partial charge in [0.25, 0.3) is 0 Å². The number of fused-ring (bicyclic) bond motifs is 1. The highest BCUT2D eigenvalue weighted by Crippen LogP contribution is 2.31. The van der Waals surface area contributed by atoms with E-state index < -0.39 is 0 Å². The van der Waals surface area contributed by atoms with Crippen LogP contribution in [-0.4, -0.2) is 4.98 Å². The highest BCUT2D eigenvalue weighted by Gasteiger charge is 2.10. The van der Waals surface area contributed by atoms with Crippen molar-refractivity contribution in [1.82, 2.24) is 4.98 Å². The number of hydrogen-bond acceptors (Lipinski definition) is 0. The first kappa shape index (κ1) is 16.2. The quantitative estimate of drug-likeness (QED) is 0.412. The predicted molar refractivity (Wildman–Crippen MR) is 114 cm³/mol. The number of nitrogens with one attached hydrogen (secondary N) is 1. The molecule has 0 saturated heterocycles. The highest BCUT2D eigenvalue weighted by molar-refractivity contribution is 5.99. The molecule has 0 saturated carbocycles. The predicted octanol–water partition coefficient (Wildman–Crippen LogP) is 7.04. The summed E-state index contributed by atoms with van der Waals surface area (Å²) in [5, 5.41) is 1.22. The lowest BCUT2D eigenvalue weighted by atomic mass is 9.99. The van der Waals surface area contributed by atoms with Crippen molar-refractivity contribution >= 4 is 28.6 Å². The van der Waals surface area contributed by atoms with E-state index in [0.717, 1.165) is 11.2 Å². The number of H-pyrrole nitrogens is 1. The van der Waals surface area contributed by atoms with Gasteiger partial charge in [-0.2, -0.15) is 0 Å². The van der Waals surface area contributed by atoms with Crippen molar-refractivity contribution < 1.29 is 0 Å². The number of aromatic amines is 1. The van der Waals surface area contributed by atoms with Crippen LogP contribution in [0.4, 0.5) is 0 Å². The van der Waals surface area contributed by atoms with Gasteiger partial charge in [-0.1, -0.05) is 73.3 Å². The fraction of sp³-hybridized carbons (Fsp3) is 0.0400. The fourth-order valence-electron chi connectivity index (χ4n) is 3.36. The van der Waals surface area contributed by atoms with Crippen molar-refractivity contribution in [2.75, 3.05) is 0 Å². The Morgan fingerprint density at radius 3 is 2.23 bits per heavy atom. The molecule has 0 aliphatic rings. The van der Waals surface area contributed by atoms with Gasteiger partial charge >= 0.3 is 0 Å². The Kier molecular flexibility index (Phi) is 4.28. The molecule has 1 heterocycles. The van der Waals surface area contributed by atoms with Crippen LogP contribution >= 0.6 is 0 Å². The van der Waals surface area contributed by atoms with Gasteiger partial charge in [0.05, 0.1) is 0 Å². The second-order valence-corrected chi connectivity index (χ2v) is 6.48. The minimum absolute atomic E-state index is 1.06. The van der Waals surface area contributed by atoms with Gasteiger partial charge in [0.2, 0.25) is 0 Å². The van der Waals surface area contributed by atoms with Crippen LogP contribution in [0.15, 0.2) is 85.4 Å². The molecule has 0 aliphatic heterocycles. The van der Waals surface area contributed by atoms with Crippen molar-refractivity contribution in [3.8, 4) is 11.1 Å². The summed E-state index contributed by atoms with van der Waals surface area (Å²) in [6, 6.07) is 27.5. The molecule has 26 heavy (non-hydrogen) atoms. The minimum Gasteiger partial charge on any atom is -0.355 e. The SMILES string of the molecule is C=Cc1[nH]c2ccc(-c3ccccc3)cc2c1/C=C(\C)c1ccccc1. The number of allylic oxidation sites excluding steroid dienone is 1. The van der Waals surface area contributed by atoms with Crippen LogP contribution < -0.4 is 0 Å². The first-order valence-corrected chi connectivity index (χ1v) is 8.83. The van der Waals surface area contributed by atoms with E-state index in [1.807, 2.05) is 18.2 Å². The Labute approximate surface area is 154 Å². The molecular formula is C25H21N. The molecule has 0 spiro atoms. The second kappa shape index (κ2) is 6.89. The Balaban J connectivity index is 1.88. The Hall–Kier alpha value is -3.32. The smallest absolute Gasteiger partial charge is 0.0465 e. The van der Waals surface area contributed by atoms with Gasteiger partial charge in [-0.15, -0.1) is 0 Å². The summed E-state index contributed by atoms with van der Waals surface area (Å²) in [7, 11) is 0. The molecule has 0 bridgehead atoms. The molecule has 3 aromatic carbocycles. The molecule has 0 unspecified atom stereocenters. The molecule has 0 radical (unpaired) electrons. The van der Waals surface area contributed by atoms with E-state index >= 15 is 0 Å². The zero-order valence-corrected chi connectivity index (χ0v) is 14.9. The summed E-state index contributed by atoms with van der Waals surface area (Å²) in [6.45, 7) is 6.14. The van der Waals surface area contributed by atoms with Gasteiger partial charge in [0.1, 0.15) is 0 Å². The summed E-state index contributed by atoms with van der Waals surface area (Å²) >= 11 is 0. The normalized spacial score (nSPS) is 11.7. The zero-order valence-electron chi connectivity index (χ0n) is 14.9. The molecule has 1 aromatic heterocycles.